The third-order valence-corrected chi connectivity index (χ3v) is 3.43. The van der Waals surface area contributed by atoms with E-state index in [0.717, 1.165) is 16.2 Å². The maximum atomic E-state index is 11.5. The number of hydrogen-bond acceptors (Lipinski definition) is 4. The van der Waals surface area contributed by atoms with Crippen LogP contribution in [0.4, 0.5) is 5.69 Å². The van der Waals surface area contributed by atoms with E-state index in [-0.39, 0.29) is 17.4 Å². The molecule has 1 aromatic rings. The molecule has 1 rings (SSSR count). The number of carboxylic acids is 1. The van der Waals surface area contributed by atoms with Gasteiger partial charge in [0.1, 0.15) is 5.75 Å². The fraction of sp³-hybridized carbons (Fsp3) is 0.273. The molecule has 0 fully saturated rings. The highest BCUT2D eigenvalue weighted by Gasteiger charge is 2.06. The number of benzene rings is 1. The molecule has 1 amide bonds. The summed E-state index contributed by atoms with van der Waals surface area (Å²) < 4.78 is 5.80. The van der Waals surface area contributed by atoms with E-state index in [2.05, 4.69) is 21.2 Å². The van der Waals surface area contributed by atoms with Crippen LogP contribution in [0.1, 0.15) is 0 Å². The lowest BCUT2D eigenvalue weighted by atomic mass is 10.3. The molecule has 0 radical (unpaired) electrons. The van der Waals surface area contributed by atoms with Crippen molar-refractivity contribution in [1.29, 1.82) is 0 Å². The standard InChI is InChI=1S/C11H12BrNO4S/c1-17-9-3-2-7(4-8(9)12)13-10(14)5-18-6-11(15)16/h2-4H,5-6H2,1H3,(H,13,14)(H,15,16). The van der Waals surface area contributed by atoms with Gasteiger partial charge in [-0.2, -0.15) is 0 Å². The van der Waals surface area contributed by atoms with E-state index in [1.165, 1.54) is 0 Å². The number of amides is 1. The Kier molecular flexibility index (Phi) is 6.00. The predicted molar refractivity (Wildman–Crippen MR) is 74.3 cm³/mol. The molecule has 0 heterocycles. The average Bonchev–Trinajstić information content (AvgIpc) is 2.28. The van der Waals surface area contributed by atoms with E-state index < -0.39 is 5.97 Å². The summed E-state index contributed by atoms with van der Waals surface area (Å²) in [7, 11) is 1.56. The van der Waals surface area contributed by atoms with Crippen molar-refractivity contribution in [1.82, 2.24) is 0 Å². The summed E-state index contributed by atoms with van der Waals surface area (Å²) >= 11 is 4.36. The van der Waals surface area contributed by atoms with E-state index >= 15 is 0 Å². The maximum Gasteiger partial charge on any atom is 0.313 e. The Hall–Kier alpha value is -1.21. The number of hydrogen-bond donors (Lipinski definition) is 2. The number of carboxylic acid groups (broad SMARTS) is 1. The van der Waals surface area contributed by atoms with E-state index in [4.69, 9.17) is 9.84 Å². The van der Waals surface area contributed by atoms with Crippen LogP contribution in [0.2, 0.25) is 0 Å². The monoisotopic (exact) mass is 333 g/mol. The van der Waals surface area contributed by atoms with E-state index in [0.29, 0.717) is 11.4 Å². The largest absolute Gasteiger partial charge is 0.496 e. The van der Waals surface area contributed by atoms with Crippen LogP contribution in [0.5, 0.6) is 5.75 Å². The third-order valence-electron chi connectivity index (χ3n) is 1.89. The predicted octanol–water partition coefficient (Wildman–Crippen LogP) is 2.21. The number of halogens is 1. The Morgan fingerprint density at radius 3 is 2.72 bits per heavy atom. The Bertz CT molecular complexity index is 453. The molecule has 18 heavy (non-hydrogen) atoms. The first kappa shape index (κ1) is 14.8. The van der Waals surface area contributed by atoms with Gasteiger partial charge in [-0.05, 0) is 34.1 Å². The van der Waals surface area contributed by atoms with Gasteiger partial charge in [-0.15, -0.1) is 11.8 Å². The highest BCUT2D eigenvalue weighted by atomic mass is 79.9. The first-order valence-corrected chi connectivity index (χ1v) is 6.90. The second-order valence-corrected chi connectivity index (χ2v) is 5.12. The van der Waals surface area contributed by atoms with Crippen molar-refractivity contribution in [2.24, 2.45) is 0 Å². The fourth-order valence-corrected chi connectivity index (χ4v) is 2.25. The Morgan fingerprint density at radius 1 is 1.44 bits per heavy atom. The number of carbonyl (C=O) groups excluding carboxylic acids is 1. The number of carbonyl (C=O) groups is 2. The molecule has 0 atom stereocenters. The molecule has 0 aromatic heterocycles. The topological polar surface area (TPSA) is 75.6 Å². The molecule has 0 aliphatic rings. The summed E-state index contributed by atoms with van der Waals surface area (Å²) in [4.78, 5) is 21.8. The second kappa shape index (κ2) is 7.27. The van der Waals surface area contributed by atoms with Gasteiger partial charge in [0.05, 0.1) is 23.1 Å². The lowest BCUT2D eigenvalue weighted by Gasteiger charge is -2.07. The third kappa shape index (κ3) is 4.97. The molecule has 5 nitrogen and oxygen atoms in total. The van der Waals surface area contributed by atoms with Crippen molar-refractivity contribution in [3.05, 3.63) is 22.7 Å². The summed E-state index contributed by atoms with van der Waals surface area (Å²) in [6.07, 6.45) is 0. The first-order valence-electron chi connectivity index (χ1n) is 4.96. The fourth-order valence-electron chi connectivity index (χ4n) is 1.17. The molecule has 0 saturated heterocycles. The van der Waals surface area contributed by atoms with Crippen molar-refractivity contribution in [2.45, 2.75) is 0 Å². The highest BCUT2D eigenvalue weighted by Crippen LogP contribution is 2.27. The van der Waals surface area contributed by atoms with Crippen molar-refractivity contribution < 1.29 is 19.4 Å². The summed E-state index contributed by atoms with van der Waals surface area (Å²) in [5.41, 5.74) is 0.628. The normalized spacial score (nSPS) is 9.89. The van der Waals surface area contributed by atoms with Crippen LogP contribution in [0.25, 0.3) is 0 Å². The molecule has 2 N–H and O–H groups in total. The van der Waals surface area contributed by atoms with Gasteiger partial charge in [-0.1, -0.05) is 0 Å². The van der Waals surface area contributed by atoms with Crippen LogP contribution in [-0.4, -0.2) is 35.6 Å². The molecule has 0 unspecified atom stereocenters. The smallest absolute Gasteiger partial charge is 0.313 e. The molecule has 7 heteroatoms. The van der Waals surface area contributed by atoms with Crippen molar-refractivity contribution in [3.8, 4) is 5.75 Å². The molecular weight excluding hydrogens is 322 g/mol. The molecule has 0 aliphatic heterocycles. The van der Waals surface area contributed by atoms with Crippen molar-refractivity contribution >= 4 is 45.3 Å². The molecule has 1 aromatic carbocycles. The molecule has 98 valence electrons. The minimum atomic E-state index is -0.931. The zero-order valence-electron chi connectivity index (χ0n) is 9.60. The second-order valence-electron chi connectivity index (χ2n) is 3.28. The number of methoxy groups -OCH3 is 1. The number of thioether (sulfide) groups is 1. The summed E-state index contributed by atoms with van der Waals surface area (Å²) in [6, 6.07) is 5.16. The SMILES string of the molecule is COc1ccc(NC(=O)CSCC(=O)O)cc1Br. The van der Waals surface area contributed by atoms with Crippen molar-refractivity contribution in [3.63, 3.8) is 0 Å². The van der Waals surface area contributed by atoms with Crippen LogP contribution >= 0.6 is 27.7 Å². The van der Waals surface area contributed by atoms with E-state index in [9.17, 15) is 9.59 Å². The summed E-state index contributed by atoms with van der Waals surface area (Å²) in [5, 5.41) is 11.1. The van der Waals surface area contributed by atoms with Crippen LogP contribution in [-0.2, 0) is 9.59 Å². The van der Waals surface area contributed by atoms with Crippen molar-refractivity contribution in [2.75, 3.05) is 23.9 Å². The van der Waals surface area contributed by atoms with E-state index in [1.54, 1.807) is 25.3 Å². The molecular formula is C11H12BrNO4S. The number of nitrogens with one attached hydrogen (secondary N) is 1. The van der Waals surface area contributed by atoms with Crippen LogP contribution in [0.15, 0.2) is 22.7 Å². The lowest BCUT2D eigenvalue weighted by molar-refractivity contribution is -0.133. The Balaban J connectivity index is 2.49. The van der Waals surface area contributed by atoms with Crippen LogP contribution < -0.4 is 10.1 Å². The molecule has 0 bridgehead atoms. The molecule has 0 aliphatic carbocycles. The summed E-state index contributed by atoms with van der Waals surface area (Å²) in [5.74, 6) is -0.470. The van der Waals surface area contributed by atoms with Gasteiger partial charge in [0.2, 0.25) is 5.91 Å². The van der Waals surface area contributed by atoms with Gasteiger partial charge in [0.25, 0.3) is 0 Å². The molecule has 0 saturated carbocycles. The quantitative estimate of drug-likeness (QED) is 0.834. The Labute approximate surface area is 117 Å². The van der Waals surface area contributed by atoms with Gasteiger partial charge < -0.3 is 15.2 Å². The molecule has 0 spiro atoms. The minimum Gasteiger partial charge on any atom is -0.496 e. The highest BCUT2D eigenvalue weighted by molar-refractivity contribution is 9.10. The van der Waals surface area contributed by atoms with Gasteiger partial charge in [-0.3, -0.25) is 9.59 Å². The maximum absolute atomic E-state index is 11.5. The van der Waals surface area contributed by atoms with Crippen LogP contribution in [0, 0.1) is 0 Å². The average molecular weight is 334 g/mol. The lowest BCUT2D eigenvalue weighted by Crippen LogP contribution is -2.15. The Morgan fingerprint density at radius 2 is 2.17 bits per heavy atom. The minimum absolute atomic E-state index is 0.0836. The zero-order chi connectivity index (χ0) is 13.5. The van der Waals surface area contributed by atoms with Gasteiger partial charge in [0.15, 0.2) is 0 Å². The summed E-state index contributed by atoms with van der Waals surface area (Å²) in [6.45, 7) is 0. The van der Waals surface area contributed by atoms with E-state index in [1.807, 2.05) is 0 Å². The van der Waals surface area contributed by atoms with Gasteiger partial charge >= 0.3 is 5.97 Å². The van der Waals surface area contributed by atoms with Gasteiger partial charge in [-0.25, -0.2) is 0 Å². The zero-order valence-corrected chi connectivity index (χ0v) is 12.0. The number of ether oxygens (including phenoxy) is 1. The first-order chi connectivity index (χ1) is 8.52. The van der Waals surface area contributed by atoms with Gasteiger partial charge in [0, 0.05) is 5.69 Å². The number of anilines is 1. The number of aliphatic carboxylic acids is 1. The van der Waals surface area contributed by atoms with Crippen LogP contribution in [0.3, 0.4) is 0 Å². The number of rotatable bonds is 6.